The van der Waals surface area contributed by atoms with Gasteiger partial charge in [-0.3, -0.25) is 18.7 Å². The van der Waals surface area contributed by atoms with Gasteiger partial charge in [0.2, 0.25) is 11.5 Å². The first kappa shape index (κ1) is 35.7. The Morgan fingerprint density at radius 3 is 2.39 bits per heavy atom. The van der Waals surface area contributed by atoms with Crippen LogP contribution in [0.4, 0.5) is 0 Å². The van der Waals surface area contributed by atoms with Gasteiger partial charge in [-0.15, -0.1) is 11.3 Å². The van der Waals surface area contributed by atoms with Crippen molar-refractivity contribution in [1.82, 2.24) is 9.88 Å². The molecule has 4 rings (SSSR count). The Kier molecular flexibility index (Phi) is 11.1. The number of Topliss-reactive ketones (excluding diaryl/α,β-unsaturated/α-hetero) is 1. The fourth-order valence-electron chi connectivity index (χ4n) is 4.64. The Labute approximate surface area is 287 Å². The molecule has 1 fully saturated rings. The lowest BCUT2D eigenvalue weighted by Crippen LogP contribution is -2.66. The molecule has 46 heavy (non-hydrogen) atoms. The summed E-state index contributed by atoms with van der Waals surface area (Å²) >= 11 is 3.34. The van der Waals surface area contributed by atoms with Crippen molar-refractivity contribution in [2.45, 2.75) is 71.1 Å². The summed E-state index contributed by atoms with van der Waals surface area (Å²) in [5.41, 5.74) is -0.961. The number of carbonyl (C=O) groups excluding carboxylic acids is 4. The smallest absolute Gasteiger partial charge is 0.355 e. The standard InChI is InChI=1S/C31H36IN3O9S2/c1-17-33-22(15-45-17)24(34-44-31(5,6)29(39)43-30(2,3)4)23(36)12-21-26(37)35-25(19(13-32)16-46(40)27(21)35)28(38)42-14-18-8-10-20(41-7)11-9-18/h8-11,15,21,27H,12-14,16H2,1-7H3/b34-24-. The van der Waals surface area contributed by atoms with Crippen molar-refractivity contribution in [3.8, 4) is 5.75 Å². The number of esters is 2. The van der Waals surface area contributed by atoms with Crippen LogP contribution in [-0.4, -0.2) is 77.3 Å². The van der Waals surface area contributed by atoms with Gasteiger partial charge < -0.3 is 19.0 Å². The van der Waals surface area contributed by atoms with Crippen LogP contribution in [0.1, 0.15) is 57.3 Å². The van der Waals surface area contributed by atoms with Gasteiger partial charge in [0.15, 0.2) is 11.5 Å². The van der Waals surface area contributed by atoms with E-state index in [1.807, 2.05) is 0 Å². The number of rotatable bonds is 12. The summed E-state index contributed by atoms with van der Waals surface area (Å²) in [5.74, 6) is -2.75. The number of ether oxygens (including phenoxy) is 3. The third kappa shape index (κ3) is 8.02. The molecule has 0 N–H and O–H groups in total. The normalized spacial score (nSPS) is 20.1. The lowest BCUT2D eigenvalue weighted by Gasteiger charge is -2.49. The van der Waals surface area contributed by atoms with Crippen molar-refractivity contribution >= 4 is 74.1 Å². The molecule has 2 aromatic rings. The second-order valence-corrected chi connectivity index (χ2v) is 15.5. The molecular formula is C31H36IN3O9S2. The first-order valence-electron chi connectivity index (χ1n) is 14.3. The molecule has 1 aromatic heterocycles. The number of nitrogens with zero attached hydrogens (tertiary/aromatic N) is 3. The number of thiazole rings is 1. The van der Waals surface area contributed by atoms with Gasteiger partial charge in [-0.25, -0.2) is 14.6 Å². The minimum Gasteiger partial charge on any atom is -0.497 e. The zero-order valence-electron chi connectivity index (χ0n) is 26.6. The number of methoxy groups -OCH3 is 1. The highest BCUT2D eigenvalue weighted by Gasteiger charge is 2.57. The van der Waals surface area contributed by atoms with Gasteiger partial charge in [-0.05, 0) is 64.8 Å². The molecule has 3 atom stereocenters. The molecule has 0 bridgehead atoms. The van der Waals surface area contributed by atoms with Crippen LogP contribution in [-0.2, 0) is 50.9 Å². The van der Waals surface area contributed by atoms with Crippen LogP contribution < -0.4 is 4.74 Å². The van der Waals surface area contributed by atoms with Crippen LogP contribution in [0.15, 0.2) is 46.1 Å². The summed E-state index contributed by atoms with van der Waals surface area (Å²) < 4.78 is 29.8. The number of aromatic nitrogens is 1. The van der Waals surface area contributed by atoms with Crippen LogP contribution in [0.5, 0.6) is 5.75 Å². The Hall–Kier alpha value is -3.18. The van der Waals surface area contributed by atoms with E-state index in [4.69, 9.17) is 19.0 Å². The van der Waals surface area contributed by atoms with E-state index in [2.05, 4.69) is 32.7 Å². The molecule has 0 aliphatic carbocycles. The highest BCUT2D eigenvalue weighted by Crippen LogP contribution is 2.41. The van der Waals surface area contributed by atoms with Crippen molar-refractivity contribution in [2.75, 3.05) is 17.3 Å². The number of amides is 1. The molecule has 1 aromatic carbocycles. The molecule has 2 aliphatic rings. The fourth-order valence-corrected chi connectivity index (χ4v) is 8.01. The maximum Gasteiger partial charge on any atom is 0.355 e. The van der Waals surface area contributed by atoms with Crippen LogP contribution in [0.3, 0.4) is 0 Å². The van der Waals surface area contributed by atoms with Crippen molar-refractivity contribution in [1.29, 1.82) is 0 Å². The largest absolute Gasteiger partial charge is 0.497 e. The zero-order valence-corrected chi connectivity index (χ0v) is 30.4. The molecule has 1 saturated heterocycles. The van der Waals surface area contributed by atoms with E-state index in [-0.39, 0.29) is 35.9 Å². The SMILES string of the molecule is COc1ccc(COC(=O)C2=C(CI)CS(=O)C3C(CC(=O)/C(=N\OC(C)(C)C(=O)OC(C)(C)C)c4csc(C)n4)C(=O)N23)cc1. The highest BCUT2D eigenvalue weighted by atomic mass is 127. The molecular weight excluding hydrogens is 749 g/mol. The molecule has 0 saturated carbocycles. The summed E-state index contributed by atoms with van der Waals surface area (Å²) in [7, 11) is -0.0193. The van der Waals surface area contributed by atoms with E-state index in [1.165, 1.54) is 30.1 Å². The number of hydrogen-bond donors (Lipinski definition) is 0. The third-order valence-electron chi connectivity index (χ3n) is 6.99. The van der Waals surface area contributed by atoms with Gasteiger partial charge >= 0.3 is 11.9 Å². The molecule has 15 heteroatoms. The quantitative estimate of drug-likeness (QED) is 0.0764. The Balaban J connectivity index is 1.53. The minimum absolute atomic E-state index is 0.0366. The first-order valence-corrected chi connectivity index (χ1v) is 18.1. The van der Waals surface area contributed by atoms with E-state index in [0.29, 0.717) is 20.8 Å². The van der Waals surface area contributed by atoms with Gasteiger partial charge in [0.25, 0.3) is 0 Å². The number of oxime groups is 1. The number of aryl methyl sites for hydroxylation is 1. The Bertz CT molecular complexity index is 1610. The number of β-lactam (4-membered cyclic amide) rings is 1. The molecule has 3 heterocycles. The highest BCUT2D eigenvalue weighted by molar-refractivity contribution is 14.1. The van der Waals surface area contributed by atoms with Gasteiger partial charge in [-0.1, -0.05) is 39.9 Å². The third-order valence-corrected chi connectivity index (χ3v) is 10.4. The lowest BCUT2D eigenvalue weighted by atomic mass is 9.89. The molecule has 2 aliphatic heterocycles. The average Bonchev–Trinajstić information content (AvgIpc) is 3.42. The summed E-state index contributed by atoms with van der Waals surface area (Å²) in [5, 5.41) is 5.42. The van der Waals surface area contributed by atoms with E-state index in [0.717, 1.165) is 5.56 Å². The molecule has 3 unspecified atom stereocenters. The predicted molar refractivity (Wildman–Crippen MR) is 180 cm³/mol. The van der Waals surface area contributed by atoms with E-state index < -0.39 is 56.9 Å². The number of alkyl halides is 1. The summed E-state index contributed by atoms with van der Waals surface area (Å²) in [6, 6.07) is 7.01. The molecule has 12 nitrogen and oxygen atoms in total. The lowest BCUT2D eigenvalue weighted by molar-refractivity contribution is -0.179. The van der Waals surface area contributed by atoms with Gasteiger partial charge in [-0.2, -0.15) is 0 Å². The van der Waals surface area contributed by atoms with Crippen LogP contribution in [0.25, 0.3) is 0 Å². The van der Waals surface area contributed by atoms with Crippen molar-refractivity contribution in [3.63, 3.8) is 0 Å². The molecule has 248 valence electrons. The number of carbonyl (C=O) groups is 4. The zero-order chi connectivity index (χ0) is 34.0. The van der Waals surface area contributed by atoms with E-state index in [9.17, 15) is 23.4 Å². The Morgan fingerprint density at radius 2 is 1.83 bits per heavy atom. The van der Waals surface area contributed by atoms with Crippen LogP contribution in [0.2, 0.25) is 0 Å². The van der Waals surface area contributed by atoms with Crippen LogP contribution in [0, 0.1) is 12.8 Å². The van der Waals surface area contributed by atoms with E-state index in [1.54, 1.807) is 64.5 Å². The topological polar surface area (TPSA) is 151 Å². The van der Waals surface area contributed by atoms with Gasteiger partial charge in [0.1, 0.15) is 34.7 Å². The average molecular weight is 786 g/mol. The number of fused-ring (bicyclic) bond motifs is 1. The van der Waals surface area contributed by atoms with Gasteiger partial charge in [0.05, 0.1) is 18.0 Å². The van der Waals surface area contributed by atoms with Crippen molar-refractivity contribution in [2.24, 2.45) is 11.1 Å². The summed E-state index contributed by atoms with van der Waals surface area (Å²) in [6.45, 7) is 9.80. The number of hydrogen-bond acceptors (Lipinski definition) is 12. The Morgan fingerprint density at radius 1 is 1.15 bits per heavy atom. The second kappa shape index (κ2) is 14.3. The number of halogens is 1. The summed E-state index contributed by atoms with van der Waals surface area (Å²) in [6.07, 6.45) is -0.356. The van der Waals surface area contributed by atoms with Crippen LogP contribution >= 0.6 is 33.9 Å². The fraction of sp³-hybridized carbons (Fsp3) is 0.484. The first-order chi connectivity index (χ1) is 21.6. The molecule has 0 spiro atoms. The maximum absolute atomic E-state index is 13.7. The minimum atomic E-state index is -1.57. The second-order valence-electron chi connectivity index (χ2n) is 12.2. The maximum atomic E-state index is 13.7. The molecule has 1 amide bonds. The predicted octanol–water partition coefficient (Wildman–Crippen LogP) is 4.24. The monoisotopic (exact) mass is 785 g/mol. The molecule has 0 radical (unpaired) electrons. The van der Waals surface area contributed by atoms with Crippen molar-refractivity contribution in [3.05, 3.63) is 57.2 Å². The van der Waals surface area contributed by atoms with E-state index >= 15 is 0 Å². The van der Waals surface area contributed by atoms with Crippen molar-refractivity contribution < 1.29 is 42.4 Å². The number of benzene rings is 1. The number of ketones is 1. The summed E-state index contributed by atoms with van der Waals surface area (Å²) in [4.78, 5) is 64.4. The van der Waals surface area contributed by atoms with Gasteiger partial charge in [0, 0.05) is 32.8 Å².